The number of hydrogen-bond acceptors (Lipinski definition) is 4. The molecule has 0 bridgehead atoms. The molecule has 0 fully saturated rings. The topological polar surface area (TPSA) is 47.7 Å². The first kappa shape index (κ1) is 16.6. The quantitative estimate of drug-likeness (QED) is 0.590. The van der Waals surface area contributed by atoms with Crippen LogP contribution in [0.4, 0.5) is 13.2 Å². The number of rotatable bonds is 10. The Morgan fingerprint density at radius 3 is 2.29 bits per heavy atom. The molecule has 0 atom stereocenters. The zero-order valence-corrected chi connectivity index (χ0v) is 10.1. The Labute approximate surface area is 99.8 Å². The van der Waals surface area contributed by atoms with Crippen molar-refractivity contribution in [3.05, 3.63) is 0 Å². The Morgan fingerprint density at radius 2 is 1.76 bits per heavy atom. The highest BCUT2D eigenvalue weighted by Gasteiger charge is 2.27. The van der Waals surface area contributed by atoms with Gasteiger partial charge in [0.05, 0.1) is 13.2 Å². The van der Waals surface area contributed by atoms with Gasteiger partial charge in [-0.25, -0.2) is 0 Å². The van der Waals surface area contributed by atoms with Gasteiger partial charge >= 0.3 is 6.18 Å². The van der Waals surface area contributed by atoms with Gasteiger partial charge in [0.25, 0.3) is 0 Å². The standard InChI is InChI=1S/C10H21F3N2O2/c1-16-7-5-15(4-2-3-14)6-8-17-9-10(11,12)13/h2-9,14H2,1H3. The molecule has 4 nitrogen and oxygen atoms in total. The Balaban J connectivity index is 3.66. The Morgan fingerprint density at radius 1 is 1.12 bits per heavy atom. The van der Waals surface area contributed by atoms with Crippen molar-refractivity contribution >= 4 is 0 Å². The van der Waals surface area contributed by atoms with Gasteiger partial charge in [-0.05, 0) is 19.5 Å². The fourth-order valence-corrected chi connectivity index (χ4v) is 1.25. The summed E-state index contributed by atoms with van der Waals surface area (Å²) in [6.07, 6.45) is -3.45. The van der Waals surface area contributed by atoms with Crippen molar-refractivity contribution in [1.29, 1.82) is 0 Å². The molecule has 0 aromatic heterocycles. The molecule has 0 saturated heterocycles. The number of halogens is 3. The molecule has 104 valence electrons. The lowest BCUT2D eigenvalue weighted by molar-refractivity contribution is -0.174. The van der Waals surface area contributed by atoms with E-state index in [1.54, 1.807) is 7.11 Å². The van der Waals surface area contributed by atoms with Crippen molar-refractivity contribution in [1.82, 2.24) is 4.90 Å². The van der Waals surface area contributed by atoms with Gasteiger partial charge in [-0.15, -0.1) is 0 Å². The van der Waals surface area contributed by atoms with Gasteiger partial charge in [-0.3, -0.25) is 4.90 Å². The van der Waals surface area contributed by atoms with E-state index >= 15 is 0 Å². The maximum Gasteiger partial charge on any atom is 0.411 e. The van der Waals surface area contributed by atoms with Crippen LogP contribution in [0.3, 0.4) is 0 Å². The molecule has 0 aromatic rings. The summed E-state index contributed by atoms with van der Waals surface area (Å²) < 4.78 is 44.9. The molecule has 7 heteroatoms. The molecule has 0 aliphatic carbocycles. The SMILES string of the molecule is COCCN(CCCN)CCOCC(F)(F)F. The molecule has 2 N–H and O–H groups in total. The zero-order chi connectivity index (χ0) is 13.1. The van der Waals surface area contributed by atoms with Crippen LogP contribution in [0, 0.1) is 0 Å². The Hall–Kier alpha value is -0.370. The molecule has 0 aromatic carbocycles. The van der Waals surface area contributed by atoms with Gasteiger partial charge in [0, 0.05) is 20.2 Å². The van der Waals surface area contributed by atoms with E-state index in [0.717, 1.165) is 13.0 Å². The van der Waals surface area contributed by atoms with Gasteiger partial charge in [0.1, 0.15) is 6.61 Å². The van der Waals surface area contributed by atoms with Gasteiger partial charge in [-0.2, -0.15) is 13.2 Å². The monoisotopic (exact) mass is 258 g/mol. The highest BCUT2D eigenvalue weighted by molar-refractivity contribution is 4.58. The second-order valence-electron chi connectivity index (χ2n) is 3.64. The molecule has 0 unspecified atom stereocenters. The van der Waals surface area contributed by atoms with E-state index in [9.17, 15) is 13.2 Å². The summed E-state index contributed by atoms with van der Waals surface area (Å²) in [6.45, 7) is 1.85. The largest absolute Gasteiger partial charge is 0.411 e. The Kier molecular flexibility index (Phi) is 9.43. The van der Waals surface area contributed by atoms with Crippen LogP contribution in [0.5, 0.6) is 0 Å². The number of methoxy groups -OCH3 is 1. The fourth-order valence-electron chi connectivity index (χ4n) is 1.25. The summed E-state index contributed by atoms with van der Waals surface area (Å²) >= 11 is 0. The smallest absolute Gasteiger partial charge is 0.383 e. The summed E-state index contributed by atoms with van der Waals surface area (Å²) in [5.41, 5.74) is 5.38. The number of nitrogens with zero attached hydrogens (tertiary/aromatic N) is 1. The van der Waals surface area contributed by atoms with Crippen molar-refractivity contribution < 1.29 is 22.6 Å². The highest BCUT2D eigenvalue weighted by atomic mass is 19.4. The van der Waals surface area contributed by atoms with Gasteiger partial charge in [0.15, 0.2) is 0 Å². The average Bonchev–Trinajstić information content (AvgIpc) is 2.25. The van der Waals surface area contributed by atoms with Crippen molar-refractivity contribution in [2.75, 3.05) is 53.1 Å². The molecule has 17 heavy (non-hydrogen) atoms. The minimum absolute atomic E-state index is 0.0633. The third-order valence-electron chi connectivity index (χ3n) is 2.11. The van der Waals surface area contributed by atoms with Crippen LogP contribution < -0.4 is 5.73 Å². The first-order valence-corrected chi connectivity index (χ1v) is 5.55. The van der Waals surface area contributed by atoms with Crippen LogP contribution in [-0.2, 0) is 9.47 Å². The van der Waals surface area contributed by atoms with E-state index < -0.39 is 12.8 Å². The number of hydrogen-bond donors (Lipinski definition) is 1. The van der Waals surface area contributed by atoms with Crippen LogP contribution in [0.25, 0.3) is 0 Å². The summed E-state index contributed by atoms with van der Waals surface area (Å²) in [5, 5.41) is 0. The molecule has 0 radical (unpaired) electrons. The second-order valence-corrected chi connectivity index (χ2v) is 3.64. The molecule has 0 amide bonds. The summed E-state index contributed by atoms with van der Waals surface area (Å²) in [5.74, 6) is 0. The van der Waals surface area contributed by atoms with Crippen molar-refractivity contribution in [2.24, 2.45) is 5.73 Å². The first-order valence-electron chi connectivity index (χ1n) is 5.55. The van der Waals surface area contributed by atoms with E-state index in [1.165, 1.54) is 0 Å². The minimum atomic E-state index is -4.26. The maximum absolute atomic E-state index is 11.8. The second kappa shape index (κ2) is 9.64. The van der Waals surface area contributed by atoms with Crippen LogP contribution in [0.1, 0.15) is 6.42 Å². The van der Waals surface area contributed by atoms with Gasteiger partial charge in [0.2, 0.25) is 0 Å². The lowest BCUT2D eigenvalue weighted by atomic mass is 10.3. The highest BCUT2D eigenvalue weighted by Crippen LogP contribution is 2.14. The van der Waals surface area contributed by atoms with Gasteiger partial charge < -0.3 is 15.2 Å². The summed E-state index contributed by atoms with van der Waals surface area (Å²) in [4.78, 5) is 1.98. The predicted octanol–water partition coefficient (Wildman–Crippen LogP) is 0.863. The first-order chi connectivity index (χ1) is 7.99. The molecular formula is C10H21F3N2O2. The minimum Gasteiger partial charge on any atom is -0.383 e. The van der Waals surface area contributed by atoms with E-state index in [-0.39, 0.29) is 6.61 Å². The lowest BCUT2D eigenvalue weighted by Crippen LogP contribution is -2.33. The van der Waals surface area contributed by atoms with Crippen LogP contribution in [0.15, 0.2) is 0 Å². The number of nitrogens with two attached hydrogens (primary N) is 1. The molecule has 0 heterocycles. The van der Waals surface area contributed by atoms with Crippen molar-refractivity contribution in [3.63, 3.8) is 0 Å². The summed E-state index contributed by atoms with van der Waals surface area (Å²) in [6, 6.07) is 0. The Bertz CT molecular complexity index is 171. The third kappa shape index (κ3) is 11.9. The molecule has 0 aliphatic heterocycles. The van der Waals surface area contributed by atoms with Crippen molar-refractivity contribution in [2.45, 2.75) is 12.6 Å². The van der Waals surface area contributed by atoms with Crippen LogP contribution >= 0.6 is 0 Å². The van der Waals surface area contributed by atoms with E-state index in [4.69, 9.17) is 10.5 Å². The van der Waals surface area contributed by atoms with Crippen LogP contribution in [-0.4, -0.2) is 64.2 Å². The summed E-state index contributed by atoms with van der Waals surface area (Å²) in [7, 11) is 1.58. The average molecular weight is 258 g/mol. The van der Waals surface area contributed by atoms with Crippen LogP contribution in [0.2, 0.25) is 0 Å². The van der Waals surface area contributed by atoms with E-state index in [2.05, 4.69) is 4.74 Å². The molecule has 0 rings (SSSR count). The molecule has 0 saturated carbocycles. The number of alkyl halides is 3. The van der Waals surface area contributed by atoms with E-state index in [0.29, 0.717) is 26.2 Å². The molecular weight excluding hydrogens is 237 g/mol. The fraction of sp³-hybridized carbons (Fsp3) is 1.00. The third-order valence-corrected chi connectivity index (χ3v) is 2.11. The van der Waals surface area contributed by atoms with Crippen molar-refractivity contribution in [3.8, 4) is 0 Å². The molecule has 0 spiro atoms. The zero-order valence-electron chi connectivity index (χ0n) is 10.1. The van der Waals surface area contributed by atoms with E-state index in [1.807, 2.05) is 4.90 Å². The lowest BCUT2D eigenvalue weighted by Gasteiger charge is -2.21. The normalized spacial score (nSPS) is 12.4. The molecule has 0 aliphatic rings. The van der Waals surface area contributed by atoms with Gasteiger partial charge in [-0.1, -0.05) is 0 Å². The maximum atomic E-state index is 11.8. The number of ether oxygens (including phenoxy) is 2. The predicted molar refractivity (Wildman–Crippen MR) is 58.9 cm³/mol.